The molecule has 2 rings (SSSR count). The molecule has 0 saturated carbocycles. The van der Waals surface area contributed by atoms with Crippen molar-refractivity contribution >= 4 is 16.6 Å². The first-order chi connectivity index (χ1) is 8.33. The van der Waals surface area contributed by atoms with Gasteiger partial charge in [0.05, 0.1) is 0 Å². The Bertz CT molecular complexity index is 517. The zero-order valence-corrected chi connectivity index (χ0v) is 9.94. The third-order valence-corrected chi connectivity index (χ3v) is 2.81. The van der Waals surface area contributed by atoms with Gasteiger partial charge in [0.1, 0.15) is 0 Å². The summed E-state index contributed by atoms with van der Waals surface area (Å²) in [5, 5.41) is 5.07. The SMILES string of the molecule is CNCCCC(=O)c1cccc2cnccc12. The van der Waals surface area contributed by atoms with E-state index in [9.17, 15) is 4.79 Å². The first-order valence-corrected chi connectivity index (χ1v) is 5.83. The Morgan fingerprint density at radius 2 is 2.24 bits per heavy atom. The Balaban J connectivity index is 2.26. The quantitative estimate of drug-likeness (QED) is 0.631. The molecule has 0 aliphatic rings. The van der Waals surface area contributed by atoms with Crippen molar-refractivity contribution in [1.82, 2.24) is 10.3 Å². The molecule has 1 heterocycles. The zero-order valence-electron chi connectivity index (χ0n) is 9.94. The minimum absolute atomic E-state index is 0.206. The van der Waals surface area contributed by atoms with Gasteiger partial charge < -0.3 is 5.32 Å². The number of nitrogens with one attached hydrogen (secondary N) is 1. The summed E-state index contributed by atoms with van der Waals surface area (Å²) < 4.78 is 0. The average Bonchev–Trinajstić information content (AvgIpc) is 2.38. The number of pyridine rings is 1. The second-order valence-electron chi connectivity index (χ2n) is 4.03. The van der Waals surface area contributed by atoms with Crippen molar-refractivity contribution in [3.63, 3.8) is 0 Å². The topological polar surface area (TPSA) is 42.0 Å². The van der Waals surface area contributed by atoms with E-state index >= 15 is 0 Å². The fourth-order valence-electron chi connectivity index (χ4n) is 1.93. The number of benzene rings is 1. The lowest BCUT2D eigenvalue weighted by molar-refractivity contribution is 0.0982. The maximum Gasteiger partial charge on any atom is 0.163 e. The summed E-state index contributed by atoms with van der Waals surface area (Å²) in [5.74, 6) is 0.206. The van der Waals surface area contributed by atoms with E-state index in [1.165, 1.54) is 0 Å². The maximum atomic E-state index is 12.1. The number of carbonyl (C=O) groups excluding carboxylic acids is 1. The molecular weight excluding hydrogens is 212 g/mol. The van der Waals surface area contributed by atoms with E-state index in [0.717, 1.165) is 29.3 Å². The van der Waals surface area contributed by atoms with Gasteiger partial charge in [0.2, 0.25) is 0 Å². The third kappa shape index (κ3) is 2.68. The van der Waals surface area contributed by atoms with E-state index in [4.69, 9.17) is 0 Å². The highest BCUT2D eigenvalue weighted by Crippen LogP contribution is 2.19. The second-order valence-corrected chi connectivity index (χ2v) is 4.03. The van der Waals surface area contributed by atoms with Gasteiger partial charge in [-0.2, -0.15) is 0 Å². The van der Waals surface area contributed by atoms with Crippen LogP contribution < -0.4 is 5.32 Å². The fourth-order valence-corrected chi connectivity index (χ4v) is 1.93. The summed E-state index contributed by atoms with van der Waals surface area (Å²) in [6, 6.07) is 7.69. The van der Waals surface area contributed by atoms with Gasteiger partial charge in [-0.1, -0.05) is 18.2 Å². The number of Topliss-reactive ketones (excluding diaryl/α,β-unsaturated/α-hetero) is 1. The molecule has 0 aliphatic heterocycles. The average molecular weight is 228 g/mol. The molecule has 0 aliphatic carbocycles. The van der Waals surface area contributed by atoms with E-state index in [1.54, 1.807) is 12.4 Å². The molecule has 0 bridgehead atoms. The van der Waals surface area contributed by atoms with Crippen LogP contribution in [0.3, 0.4) is 0 Å². The van der Waals surface area contributed by atoms with E-state index in [-0.39, 0.29) is 5.78 Å². The summed E-state index contributed by atoms with van der Waals surface area (Å²) in [6.45, 7) is 0.873. The van der Waals surface area contributed by atoms with E-state index in [1.807, 2.05) is 31.3 Å². The van der Waals surface area contributed by atoms with Crippen LogP contribution in [0.4, 0.5) is 0 Å². The highest BCUT2D eigenvalue weighted by atomic mass is 16.1. The van der Waals surface area contributed by atoms with Crippen LogP contribution in [0.25, 0.3) is 10.8 Å². The Labute approximate surface area is 101 Å². The lowest BCUT2D eigenvalue weighted by Crippen LogP contribution is -2.10. The lowest BCUT2D eigenvalue weighted by Gasteiger charge is -2.05. The Hall–Kier alpha value is -1.74. The predicted octanol–water partition coefficient (Wildman–Crippen LogP) is 2.42. The molecule has 17 heavy (non-hydrogen) atoms. The van der Waals surface area contributed by atoms with Crippen molar-refractivity contribution in [2.45, 2.75) is 12.8 Å². The monoisotopic (exact) mass is 228 g/mol. The number of ketones is 1. The van der Waals surface area contributed by atoms with Gasteiger partial charge in [0.25, 0.3) is 0 Å². The number of fused-ring (bicyclic) bond motifs is 1. The summed E-state index contributed by atoms with van der Waals surface area (Å²) in [4.78, 5) is 16.2. The number of nitrogens with zero attached hydrogens (tertiary/aromatic N) is 1. The van der Waals surface area contributed by atoms with Gasteiger partial charge in [-0.3, -0.25) is 9.78 Å². The van der Waals surface area contributed by atoms with Crippen molar-refractivity contribution in [1.29, 1.82) is 0 Å². The minimum atomic E-state index is 0.206. The number of aromatic nitrogens is 1. The third-order valence-electron chi connectivity index (χ3n) is 2.81. The van der Waals surface area contributed by atoms with Crippen molar-refractivity contribution in [3.05, 3.63) is 42.2 Å². The molecule has 0 unspecified atom stereocenters. The first kappa shape index (κ1) is 11.7. The number of carbonyl (C=O) groups is 1. The normalized spacial score (nSPS) is 10.6. The van der Waals surface area contributed by atoms with Crippen LogP contribution in [-0.2, 0) is 0 Å². The summed E-state index contributed by atoms with van der Waals surface area (Å²) in [6.07, 6.45) is 4.98. The smallest absolute Gasteiger partial charge is 0.163 e. The van der Waals surface area contributed by atoms with Gasteiger partial charge in [0, 0.05) is 29.8 Å². The van der Waals surface area contributed by atoms with E-state index in [2.05, 4.69) is 10.3 Å². The van der Waals surface area contributed by atoms with Crippen molar-refractivity contribution < 1.29 is 4.79 Å². The molecule has 0 spiro atoms. The molecule has 1 aromatic heterocycles. The lowest BCUT2D eigenvalue weighted by atomic mass is 10.0. The predicted molar refractivity (Wildman–Crippen MR) is 69.2 cm³/mol. The molecule has 3 heteroatoms. The van der Waals surface area contributed by atoms with Crippen LogP contribution in [0, 0.1) is 0 Å². The second kappa shape index (κ2) is 5.55. The van der Waals surface area contributed by atoms with Crippen LogP contribution in [0.1, 0.15) is 23.2 Å². The van der Waals surface area contributed by atoms with Crippen molar-refractivity contribution in [3.8, 4) is 0 Å². The van der Waals surface area contributed by atoms with Gasteiger partial charge in [-0.15, -0.1) is 0 Å². The van der Waals surface area contributed by atoms with Crippen LogP contribution >= 0.6 is 0 Å². The van der Waals surface area contributed by atoms with Crippen LogP contribution in [0.15, 0.2) is 36.7 Å². The summed E-state index contributed by atoms with van der Waals surface area (Å²) >= 11 is 0. The molecular formula is C14H16N2O. The number of hydrogen-bond acceptors (Lipinski definition) is 3. The molecule has 0 radical (unpaired) electrons. The summed E-state index contributed by atoms with van der Waals surface area (Å²) in [7, 11) is 1.90. The van der Waals surface area contributed by atoms with Gasteiger partial charge in [-0.25, -0.2) is 0 Å². The van der Waals surface area contributed by atoms with Crippen molar-refractivity contribution in [2.75, 3.05) is 13.6 Å². The molecule has 0 amide bonds. The minimum Gasteiger partial charge on any atom is -0.320 e. The van der Waals surface area contributed by atoms with Gasteiger partial charge in [0.15, 0.2) is 5.78 Å². The van der Waals surface area contributed by atoms with Crippen LogP contribution in [0.5, 0.6) is 0 Å². The van der Waals surface area contributed by atoms with Crippen LogP contribution in [-0.4, -0.2) is 24.4 Å². The highest BCUT2D eigenvalue weighted by molar-refractivity contribution is 6.07. The first-order valence-electron chi connectivity index (χ1n) is 5.83. The Morgan fingerprint density at radius 3 is 3.06 bits per heavy atom. The largest absolute Gasteiger partial charge is 0.320 e. The molecule has 88 valence electrons. The van der Waals surface area contributed by atoms with Crippen molar-refractivity contribution in [2.24, 2.45) is 0 Å². The highest BCUT2D eigenvalue weighted by Gasteiger charge is 2.08. The molecule has 1 aromatic carbocycles. The molecule has 0 saturated heterocycles. The van der Waals surface area contributed by atoms with Gasteiger partial charge >= 0.3 is 0 Å². The molecule has 1 N–H and O–H groups in total. The van der Waals surface area contributed by atoms with E-state index < -0.39 is 0 Å². The fraction of sp³-hybridized carbons (Fsp3) is 0.286. The van der Waals surface area contributed by atoms with Crippen LogP contribution in [0.2, 0.25) is 0 Å². The Kier molecular flexibility index (Phi) is 3.83. The standard InChI is InChI=1S/C14H16N2O/c1-15-8-3-6-14(17)13-5-2-4-11-10-16-9-7-12(11)13/h2,4-5,7,9-10,15H,3,6,8H2,1H3. The van der Waals surface area contributed by atoms with E-state index in [0.29, 0.717) is 6.42 Å². The molecule has 0 fully saturated rings. The molecule has 2 aromatic rings. The summed E-state index contributed by atoms with van der Waals surface area (Å²) in [5.41, 5.74) is 0.806. The number of rotatable bonds is 5. The number of hydrogen-bond donors (Lipinski definition) is 1. The Morgan fingerprint density at radius 1 is 1.35 bits per heavy atom. The molecule has 3 nitrogen and oxygen atoms in total. The van der Waals surface area contributed by atoms with Gasteiger partial charge in [-0.05, 0) is 31.5 Å². The zero-order chi connectivity index (χ0) is 12.1. The molecule has 0 atom stereocenters. The maximum absolute atomic E-state index is 12.1.